The van der Waals surface area contributed by atoms with E-state index < -0.39 is 11.9 Å². The number of fused-ring (bicyclic) bond motifs is 1. The zero-order valence-corrected chi connectivity index (χ0v) is 14.7. The first-order chi connectivity index (χ1) is 12.0. The third-order valence-electron chi connectivity index (χ3n) is 4.71. The lowest BCUT2D eigenvalue weighted by atomic mass is 9.88. The Balaban J connectivity index is 1.78. The molecule has 5 heteroatoms. The van der Waals surface area contributed by atoms with Crippen LogP contribution in [-0.2, 0) is 22.6 Å². The maximum Gasteiger partial charge on any atom is 0.312 e. The molecule has 0 aromatic heterocycles. The van der Waals surface area contributed by atoms with Gasteiger partial charge in [-0.05, 0) is 29.2 Å². The Labute approximate surface area is 152 Å². The van der Waals surface area contributed by atoms with Gasteiger partial charge in [0.25, 0.3) is 0 Å². The number of carbonyl (C=O) groups is 2. The molecule has 2 unspecified atom stereocenters. The highest BCUT2D eigenvalue weighted by atomic mass is 35.5. The number of carboxylic acids is 1. The van der Waals surface area contributed by atoms with Gasteiger partial charge >= 0.3 is 5.97 Å². The van der Waals surface area contributed by atoms with Gasteiger partial charge in [-0.15, -0.1) is 0 Å². The second kappa shape index (κ2) is 7.28. The smallest absolute Gasteiger partial charge is 0.312 e. The molecule has 0 spiro atoms. The Morgan fingerprint density at radius 3 is 2.60 bits per heavy atom. The minimum Gasteiger partial charge on any atom is -0.481 e. The van der Waals surface area contributed by atoms with Crippen LogP contribution in [0.1, 0.15) is 29.5 Å². The molecule has 0 saturated carbocycles. The summed E-state index contributed by atoms with van der Waals surface area (Å²) in [7, 11) is 0. The largest absolute Gasteiger partial charge is 0.481 e. The molecule has 25 heavy (non-hydrogen) atoms. The molecule has 0 saturated heterocycles. The molecule has 3 rings (SSSR count). The summed E-state index contributed by atoms with van der Waals surface area (Å²) in [5.74, 6) is -1.88. The van der Waals surface area contributed by atoms with Gasteiger partial charge in [0, 0.05) is 24.0 Å². The van der Waals surface area contributed by atoms with E-state index in [2.05, 4.69) is 0 Å². The van der Waals surface area contributed by atoms with Crippen LogP contribution in [0, 0.1) is 5.92 Å². The molecule has 2 atom stereocenters. The highest BCUT2D eigenvalue weighted by molar-refractivity contribution is 6.31. The highest BCUT2D eigenvalue weighted by Gasteiger charge is 2.33. The maximum atomic E-state index is 12.9. The molecular formula is C20H20ClNO3. The summed E-state index contributed by atoms with van der Waals surface area (Å²) < 4.78 is 0. The predicted octanol–water partition coefficient (Wildman–Crippen LogP) is 3.73. The van der Waals surface area contributed by atoms with Crippen molar-refractivity contribution in [2.75, 3.05) is 6.54 Å². The van der Waals surface area contributed by atoms with E-state index in [9.17, 15) is 14.7 Å². The average Bonchev–Trinajstić information content (AvgIpc) is 2.61. The zero-order valence-electron chi connectivity index (χ0n) is 14.0. The van der Waals surface area contributed by atoms with Crippen LogP contribution in [0.5, 0.6) is 0 Å². The van der Waals surface area contributed by atoms with Gasteiger partial charge in [-0.25, -0.2) is 0 Å². The summed E-state index contributed by atoms with van der Waals surface area (Å²) in [5, 5.41) is 10.2. The van der Waals surface area contributed by atoms with Crippen LogP contribution in [0.15, 0.2) is 48.5 Å². The number of carbonyl (C=O) groups excluding carboxylic acids is 1. The maximum absolute atomic E-state index is 12.9. The van der Waals surface area contributed by atoms with E-state index in [0.717, 1.165) is 16.7 Å². The Hall–Kier alpha value is -2.33. The van der Waals surface area contributed by atoms with Gasteiger partial charge in [0.1, 0.15) is 0 Å². The van der Waals surface area contributed by atoms with Crippen molar-refractivity contribution in [3.63, 3.8) is 0 Å². The first-order valence-electron chi connectivity index (χ1n) is 8.30. The first kappa shape index (κ1) is 17.5. The van der Waals surface area contributed by atoms with Crippen LogP contribution < -0.4 is 0 Å². The Morgan fingerprint density at radius 2 is 1.88 bits per heavy atom. The lowest BCUT2D eigenvalue weighted by Crippen LogP contribution is -2.43. The Bertz CT molecular complexity index is 805. The fourth-order valence-electron chi connectivity index (χ4n) is 3.38. The van der Waals surface area contributed by atoms with Gasteiger partial charge in [0.05, 0.1) is 5.92 Å². The second-order valence-corrected chi connectivity index (χ2v) is 6.91. The summed E-state index contributed by atoms with van der Waals surface area (Å²) in [6.45, 7) is 2.52. The van der Waals surface area contributed by atoms with E-state index >= 15 is 0 Å². The fraction of sp³-hybridized carbons (Fsp3) is 0.300. The topological polar surface area (TPSA) is 57.6 Å². The van der Waals surface area contributed by atoms with Gasteiger partial charge < -0.3 is 10.0 Å². The van der Waals surface area contributed by atoms with Crippen molar-refractivity contribution in [1.82, 2.24) is 4.90 Å². The Kier molecular flexibility index (Phi) is 5.09. The minimum atomic E-state index is -0.899. The first-order valence-corrected chi connectivity index (χ1v) is 8.68. The number of amides is 1. The quantitative estimate of drug-likeness (QED) is 0.907. The van der Waals surface area contributed by atoms with E-state index in [0.29, 0.717) is 18.0 Å². The number of aliphatic carboxylic acids is 1. The second-order valence-electron chi connectivity index (χ2n) is 6.50. The van der Waals surface area contributed by atoms with Crippen molar-refractivity contribution < 1.29 is 14.7 Å². The van der Waals surface area contributed by atoms with Gasteiger partial charge in [-0.2, -0.15) is 0 Å². The summed E-state index contributed by atoms with van der Waals surface area (Å²) in [5.41, 5.74) is 2.63. The molecule has 0 radical (unpaired) electrons. The molecule has 130 valence electrons. The molecule has 0 bridgehead atoms. The summed E-state index contributed by atoms with van der Waals surface area (Å²) in [6, 6.07) is 14.9. The number of benzene rings is 2. The van der Waals surface area contributed by atoms with Crippen molar-refractivity contribution in [1.29, 1.82) is 0 Å². The lowest BCUT2D eigenvalue weighted by Gasteiger charge is -2.34. The molecule has 1 aliphatic heterocycles. The summed E-state index contributed by atoms with van der Waals surface area (Å²) in [4.78, 5) is 26.2. The number of rotatable bonds is 4. The molecule has 1 N–H and O–H groups in total. The SMILES string of the molecule is CC(Cc1ccccc1Cl)C(=O)N1Cc2ccccc2C(C(=O)O)C1. The van der Waals surface area contributed by atoms with E-state index in [4.69, 9.17) is 11.6 Å². The van der Waals surface area contributed by atoms with Gasteiger partial charge in [0.2, 0.25) is 5.91 Å². The van der Waals surface area contributed by atoms with E-state index in [1.165, 1.54) is 0 Å². The fourth-order valence-corrected chi connectivity index (χ4v) is 3.59. The van der Waals surface area contributed by atoms with Crippen LogP contribution in [0.25, 0.3) is 0 Å². The minimum absolute atomic E-state index is 0.0410. The molecule has 4 nitrogen and oxygen atoms in total. The van der Waals surface area contributed by atoms with Crippen molar-refractivity contribution >= 4 is 23.5 Å². The van der Waals surface area contributed by atoms with Crippen molar-refractivity contribution in [2.24, 2.45) is 5.92 Å². The van der Waals surface area contributed by atoms with Crippen LogP contribution in [-0.4, -0.2) is 28.4 Å². The van der Waals surface area contributed by atoms with Gasteiger partial charge in [-0.3, -0.25) is 9.59 Å². The van der Waals surface area contributed by atoms with E-state index in [-0.39, 0.29) is 18.4 Å². The summed E-state index contributed by atoms with van der Waals surface area (Å²) >= 11 is 6.19. The van der Waals surface area contributed by atoms with Gasteiger partial charge in [0.15, 0.2) is 0 Å². The van der Waals surface area contributed by atoms with Gasteiger partial charge in [-0.1, -0.05) is 61.0 Å². The molecule has 2 aromatic carbocycles. The average molecular weight is 358 g/mol. The number of hydrogen-bond acceptors (Lipinski definition) is 2. The Morgan fingerprint density at radius 1 is 1.20 bits per heavy atom. The van der Waals surface area contributed by atoms with Crippen LogP contribution in [0.4, 0.5) is 0 Å². The molecule has 2 aromatic rings. The molecule has 1 aliphatic rings. The third-order valence-corrected chi connectivity index (χ3v) is 5.08. The number of hydrogen-bond donors (Lipinski definition) is 1. The van der Waals surface area contributed by atoms with Crippen molar-refractivity contribution in [3.05, 3.63) is 70.2 Å². The van der Waals surface area contributed by atoms with Crippen molar-refractivity contribution in [2.45, 2.75) is 25.8 Å². The normalized spacial score (nSPS) is 17.7. The van der Waals surface area contributed by atoms with E-state index in [1.807, 2.05) is 55.5 Å². The highest BCUT2D eigenvalue weighted by Crippen LogP contribution is 2.30. The van der Waals surface area contributed by atoms with Crippen LogP contribution >= 0.6 is 11.6 Å². The molecule has 1 heterocycles. The van der Waals surface area contributed by atoms with Crippen LogP contribution in [0.2, 0.25) is 5.02 Å². The molecule has 0 fully saturated rings. The zero-order chi connectivity index (χ0) is 18.0. The van der Waals surface area contributed by atoms with Crippen molar-refractivity contribution in [3.8, 4) is 0 Å². The monoisotopic (exact) mass is 357 g/mol. The molecular weight excluding hydrogens is 338 g/mol. The number of carboxylic acid groups (broad SMARTS) is 1. The lowest BCUT2D eigenvalue weighted by molar-refractivity contribution is -0.142. The molecule has 1 amide bonds. The van der Waals surface area contributed by atoms with Crippen LogP contribution in [0.3, 0.4) is 0 Å². The predicted molar refractivity (Wildman–Crippen MR) is 96.6 cm³/mol. The van der Waals surface area contributed by atoms with E-state index in [1.54, 1.807) is 4.90 Å². The number of nitrogens with zero attached hydrogens (tertiary/aromatic N) is 1. The number of halogens is 1. The standard InChI is InChI=1S/C20H20ClNO3/c1-13(10-14-6-3-5-9-18(14)21)19(23)22-11-15-7-2-4-8-16(15)17(12-22)20(24)25/h2-9,13,17H,10-12H2,1H3,(H,24,25). The summed E-state index contributed by atoms with van der Waals surface area (Å²) in [6.07, 6.45) is 0.536. The third kappa shape index (κ3) is 3.69. The molecule has 0 aliphatic carbocycles.